The Kier molecular flexibility index (Phi) is 3.41. The second-order valence-electron chi connectivity index (χ2n) is 4.48. The van der Waals surface area contributed by atoms with Crippen LogP contribution in [-0.4, -0.2) is 28.7 Å². The number of aromatic nitrogens is 3. The van der Waals surface area contributed by atoms with Crippen molar-refractivity contribution in [1.29, 1.82) is 0 Å². The average molecular weight is 346 g/mol. The molecule has 2 aromatic rings. The van der Waals surface area contributed by atoms with Crippen LogP contribution in [-0.2, 0) is 0 Å². The van der Waals surface area contributed by atoms with Crippen molar-refractivity contribution in [3.8, 4) is 17.3 Å². The van der Waals surface area contributed by atoms with Gasteiger partial charge in [0, 0.05) is 23.6 Å². The Balaban J connectivity index is 1.88. The molecule has 2 heterocycles. The van der Waals surface area contributed by atoms with Crippen molar-refractivity contribution in [2.75, 3.05) is 7.11 Å². The highest BCUT2D eigenvalue weighted by Gasteiger charge is 2.48. The van der Waals surface area contributed by atoms with Gasteiger partial charge >= 0.3 is 0 Å². The molecule has 0 unspecified atom stereocenters. The molecule has 106 valence electrons. The second-order valence-corrected chi connectivity index (χ2v) is 5.27. The lowest BCUT2D eigenvalue weighted by molar-refractivity contribution is 0.118. The number of hydrogen-bond acceptors (Lipinski definition) is 5. The van der Waals surface area contributed by atoms with Crippen LogP contribution in [0.5, 0.6) is 5.88 Å². The number of nitrogens with zero attached hydrogens (tertiary/aromatic N) is 3. The van der Waals surface area contributed by atoms with Crippen molar-refractivity contribution in [3.05, 3.63) is 22.6 Å². The first-order valence-corrected chi connectivity index (χ1v) is 6.71. The third-order valence-corrected chi connectivity index (χ3v) is 3.98. The Hall–Kier alpha value is -1.57. The predicted octanol–water partition coefficient (Wildman–Crippen LogP) is 3.27. The molecular weight excluding hydrogens is 336 g/mol. The summed E-state index contributed by atoms with van der Waals surface area (Å²) in [6.45, 7) is 0. The molecule has 0 spiro atoms. The van der Waals surface area contributed by atoms with E-state index in [1.807, 2.05) is 0 Å². The van der Waals surface area contributed by atoms with E-state index >= 15 is 0 Å². The molecule has 0 bridgehead atoms. The van der Waals surface area contributed by atoms with E-state index in [0.29, 0.717) is 28.2 Å². The minimum Gasteiger partial charge on any atom is -0.480 e. The van der Waals surface area contributed by atoms with Gasteiger partial charge in [0.1, 0.15) is 0 Å². The minimum absolute atomic E-state index is 0.257. The number of ether oxygens (including phenoxy) is 1. The summed E-state index contributed by atoms with van der Waals surface area (Å²) in [6, 6.07) is 1.69. The van der Waals surface area contributed by atoms with Gasteiger partial charge < -0.3 is 9.26 Å². The average Bonchev–Trinajstić information content (AvgIpc) is 3.10. The summed E-state index contributed by atoms with van der Waals surface area (Å²) in [5, 5.41) is 3.83. The molecule has 8 heteroatoms. The highest BCUT2D eigenvalue weighted by Crippen LogP contribution is 2.50. The van der Waals surface area contributed by atoms with E-state index in [2.05, 4.69) is 31.1 Å². The zero-order chi connectivity index (χ0) is 14.3. The Bertz CT molecular complexity index is 635. The summed E-state index contributed by atoms with van der Waals surface area (Å²) in [5.74, 6) is -0.0244. The number of pyridine rings is 1. The van der Waals surface area contributed by atoms with Crippen molar-refractivity contribution in [1.82, 2.24) is 15.1 Å². The summed E-state index contributed by atoms with van der Waals surface area (Å²) in [4.78, 5) is 8.20. The van der Waals surface area contributed by atoms with Gasteiger partial charge in [-0.15, -0.1) is 0 Å². The highest BCUT2D eigenvalue weighted by molar-refractivity contribution is 9.10. The largest absolute Gasteiger partial charge is 0.480 e. The van der Waals surface area contributed by atoms with Gasteiger partial charge in [-0.25, -0.2) is 13.8 Å². The topological polar surface area (TPSA) is 61.0 Å². The number of hydrogen-bond donors (Lipinski definition) is 0. The second kappa shape index (κ2) is 5.08. The van der Waals surface area contributed by atoms with Crippen LogP contribution in [0.1, 0.15) is 18.2 Å². The van der Waals surface area contributed by atoms with Gasteiger partial charge in [0.05, 0.1) is 11.6 Å². The molecule has 0 aromatic carbocycles. The zero-order valence-electron chi connectivity index (χ0n) is 10.4. The molecule has 20 heavy (non-hydrogen) atoms. The maximum Gasteiger partial charge on any atom is 0.242 e. The zero-order valence-corrected chi connectivity index (χ0v) is 12.0. The number of alkyl halides is 2. The maximum atomic E-state index is 12.5. The van der Waals surface area contributed by atoms with Crippen molar-refractivity contribution in [3.63, 3.8) is 0 Å². The Labute approximate surface area is 121 Å². The van der Waals surface area contributed by atoms with Gasteiger partial charge in [0.15, 0.2) is 0 Å². The first-order chi connectivity index (χ1) is 9.61. The highest BCUT2D eigenvalue weighted by atomic mass is 79.9. The predicted molar refractivity (Wildman–Crippen MR) is 68.6 cm³/mol. The van der Waals surface area contributed by atoms with Crippen LogP contribution in [0, 0.1) is 5.92 Å². The molecule has 1 aliphatic rings. The normalized spacial score (nSPS) is 21.2. The van der Waals surface area contributed by atoms with Crippen molar-refractivity contribution in [2.24, 2.45) is 5.92 Å². The van der Waals surface area contributed by atoms with E-state index in [-0.39, 0.29) is 11.8 Å². The monoisotopic (exact) mass is 345 g/mol. The Morgan fingerprint density at radius 2 is 2.30 bits per heavy atom. The number of methoxy groups -OCH3 is 1. The molecule has 2 atom stereocenters. The summed E-state index contributed by atoms with van der Waals surface area (Å²) in [6.07, 6.45) is -0.406. The Morgan fingerprint density at radius 3 is 2.95 bits per heavy atom. The molecule has 0 aliphatic heterocycles. The van der Waals surface area contributed by atoms with Crippen LogP contribution in [0.25, 0.3) is 11.4 Å². The van der Waals surface area contributed by atoms with Gasteiger partial charge in [0.25, 0.3) is 0 Å². The standard InChI is InChI=1S/C12H10BrF2N3O2/c1-19-12-8(13)5(2-3-16-12)10-17-11(20-18-10)7-4-6(7)9(14)15/h2-3,6-7,9H,4H2,1H3/t6-,7-/m0/s1. The summed E-state index contributed by atoms with van der Waals surface area (Å²) >= 11 is 3.35. The van der Waals surface area contributed by atoms with E-state index in [1.54, 1.807) is 12.3 Å². The Morgan fingerprint density at radius 1 is 1.50 bits per heavy atom. The third kappa shape index (κ3) is 2.28. The molecule has 0 amide bonds. The lowest BCUT2D eigenvalue weighted by atomic mass is 10.2. The van der Waals surface area contributed by atoms with Gasteiger partial charge in [-0.1, -0.05) is 5.16 Å². The smallest absolute Gasteiger partial charge is 0.242 e. The van der Waals surface area contributed by atoms with Crippen molar-refractivity contribution in [2.45, 2.75) is 18.8 Å². The third-order valence-electron chi connectivity index (χ3n) is 3.21. The fraction of sp³-hybridized carbons (Fsp3) is 0.417. The van der Waals surface area contributed by atoms with Crippen molar-refractivity contribution < 1.29 is 18.0 Å². The molecule has 2 aromatic heterocycles. The lowest BCUT2D eigenvalue weighted by Gasteiger charge is -2.03. The molecule has 1 fully saturated rings. The minimum atomic E-state index is -2.34. The first kappa shape index (κ1) is 13.4. The molecule has 5 nitrogen and oxygen atoms in total. The number of halogens is 3. The summed E-state index contributed by atoms with van der Waals surface area (Å²) in [7, 11) is 1.50. The molecular formula is C12H10BrF2N3O2. The molecule has 0 radical (unpaired) electrons. The van der Waals surface area contributed by atoms with E-state index < -0.39 is 12.3 Å². The van der Waals surface area contributed by atoms with Gasteiger partial charge in [-0.2, -0.15) is 4.98 Å². The van der Waals surface area contributed by atoms with E-state index in [1.165, 1.54) is 7.11 Å². The quantitative estimate of drug-likeness (QED) is 0.850. The van der Waals surface area contributed by atoms with Gasteiger partial charge in [-0.3, -0.25) is 0 Å². The van der Waals surface area contributed by atoms with Crippen LogP contribution >= 0.6 is 15.9 Å². The summed E-state index contributed by atoms with van der Waals surface area (Å²) < 4.78 is 35.8. The molecule has 1 saturated carbocycles. The van der Waals surface area contributed by atoms with Crippen LogP contribution in [0.15, 0.2) is 21.3 Å². The van der Waals surface area contributed by atoms with Gasteiger partial charge in [0.2, 0.25) is 24.0 Å². The van der Waals surface area contributed by atoms with Crippen LogP contribution in [0.3, 0.4) is 0 Å². The fourth-order valence-corrected chi connectivity index (χ4v) is 2.59. The van der Waals surface area contributed by atoms with Crippen molar-refractivity contribution >= 4 is 15.9 Å². The maximum absolute atomic E-state index is 12.5. The van der Waals surface area contributed by atoms with E-state index in [9.17, 15) is 8.78 Å². The van der Waals surface area contributed by atoms with E-state index in [0.717, 1.165) is 0 Å². The van der Waals surface area contributed by atoms with E-state index in [4.69, 9.17) is 9.26 Å². The number of rotatable bonds is 4. The first-order valence-electron chi connectivity index (χ1n) is 5.92. The fourth-order valence-electron chi connectivity index (χ4n) is 2.01. The molecule has 3 rings (SSSR count). The van der Waals surface area contributed by atoms with Crippen LogP contribution in [0.2, 0.25) is 0 Å². The molecule has 1 aliphatic carbocycles. The van der Waals surface area contributed by atoms with Crippen LogP contribution < -0.4 is 4.74 Å². The summed E-state index contributed by atoms with van der Waals surface area (Å²) in [5.41, 5.74) is 0.640. The lowest BCUT2D eigenvalue weighted by Crippen LogP contribution is -1.95. The molecule has 0 N–H and O–H groups in total. The van der Waals surface area contributed by atoms with Gasteiger partial charge in [-0.05, 0) is 28.4 Å². The van der Waals surface area contributed by atoms with Crippen LogP contribution in [0.4, 0.5) is 8.78 Å². The SMILES string of the molecule is COc1nccc(-c2noc([C@H]3C[C@@H]3C(F)F)n2)c1Br. The molecule has 0 saturated heterocycles.